The number of ether oxygens (including phenoxy) is 3. The van der Waals surface area contributed by atoms with E-state index in [0.29, 0.717) is 41.9 Å². The number of rotatable bonds is 2. The van der Waals surface area contributed by atoms with Crippen LogP contribution in [0.3, 0.4) is 0 Å². The first-order valence-corrected chi connectivity index (χ1v) is 9.26. The molecule has 0 spiro atoms. The highest BCUT2D eigenvalue weighted by Gasteiger charge is 2.57. The number of allylic oxidation sites excluding steroid dienone is 1. The number of methoxy groups -OCH3 is 1. The van der Waals surface area contributed by atoms with Crippen molar-refractivity contribution in [3.63, 3.8) is 0 Å². The molecule has 144 valence electrons. The van der Waals surface area contributed by atoms with Gasteiger partial charge in [0.15, 0.2) is 0 Å². The van der Waals surface area contributed by atoms with Crippen LogP contribution in [0.2, 0.25) is 0 Å². The van der Waals surface area contributed by atoms with Gasteiger partial charge in [-0.05, 0) is 44.7 Å². The largest absolute Gasteiger partial charge is 0.465 e. The molecule has 3 aliphatic rings. The van der Waals surface area contributed by atoms with Crippen molar-refractivity contribution >= 4 is 11.9 Å². The van der Waals surface area contributed by atoms with Crippen molar-refractivity contribution in [2.24, 2.45) is 5.92 Å². The van der Waals surface area contributed by atoms with Crippen LogP contribution in [-0.2, 0) is 25.4 Å². The van der Waals surface area contributed by atoms with E-state index in [4.69, 9.17) is 18.6 Å². The third kappa shape index (κ3) is 3.23. The molecule has 3 aliphatic heterocycles. The van der Waals surface area contributed by atoms with Gasteiger partial charge in [0.05, 0.1) is 7.11 Å². The molecular weight excluding hydrogens is 348 g/mol. The summed E-state index contributed by atoms with van der Waals surface area (Å²) in [6.07, 6.45) is 3.78. The molecule has 27 heavy (non-hydrogen) atoms. The van der Waals surface area contributed by atoms with Gasteiger partial charge in [0.2, 0.25) is 0 Å². The van der Waals surface area contributed by atoms with E-state index in [0.717, 1.165) is 12.0 Å². The summed E-state index contributed by atoms with van der Waals surface area (Å²) >= 11 is 0. The van der Waals surface area contributed by atoms with E-state index in [1.165, 1.54) is 7.11 Å². The second-order valence-corrected chi connectivity index (χ2v) is 7.91. The molecular formula is C21H24O6. The number of esters is 2. The molecule has 0 saturated carbocycles. The molecule has 0 radical (unpaired) electrons. The Balaban J connectivity index is 1.72. The number of furan rings is 1. The van der Waals surface area contributed by atoms with Crippen molar-refractivity contribution < 1.29 is 28.2 Å². The van der Waals surface area contributed by atoms with Crippen LogP contribution in [0.5, 0.6) is 0 Å². The van der Waals surface area contributed by atoms with E-state index in [2.05, 4.69) is 6.58 Å². The average Bonchev–Trinajstić information content (AvgIpc) is 2.94. The smallest absolute Gasteiger partial charge is 0.341 e. The molecule has 4 rings (SSSR count). The average molecular weight is 372 g/mol. The number of carbonyl (C=O) groups is 2. The number of epoxide rings is 1. The highest BCUT2D eigenvalue weighted by molar-refractivity contribution is 5.91. The Morgan fingerprint density at radius 2 is 2.19 bits per heavy atom. The van der Waals surface area contributed by atoms with Crippen molar-refractivity contribution in [3.8, 4) is 0 Å². The minimum Gasteiger partial charge on any atom is -0.465 e. The fourth-order valence-corrected chi connectivity index (χ4v) is 4.06. The van der Waals surface area contributed by atoms with E-state index >= 15 is 0 Å². The van der Waals surface area contributed by atoms with Crippen LogP contribution in [0.4, 0.5) is 0 Å². The van der Waals surface area contributed by atoms with E-state index in [1.54, 1.807) is 6.07 Å². The third-order valence-corrected chi connectivity index (χ3v) is 5.78. The Bertz CT molecular complexity index is 847. The molecule has 1 aromatic heterocycles. The first-order valence-electron chi connectivity index (χ1n) is 9.26. The summed E-state index contributed by atoms with van der Waals surface area (Å²) < 4.78 is 22.4. The summed E-state index contributed by atoms with van der Waals surface area (Å²) in [6, 6.07) is 1.72. The molecule has 1 fully saturated rings. The van der Waals surface area contributed by atoms with Gasteiger partial charge >= 0.3 is 11.9 Å². The third-order valence-electron chi connectivity index (χ3n) is 5.78. The lowest BCUT2D eigenvalue weighted by Crippen LogP contribution is -2.18. The predicted octanol–water partition coefficient (Wildman–Crippen LogP) is 3.67. The summed E-state index contributed by atoms with van der Waals surface area (Å²) in [7, 11) is 1.36. The minimum absolute atomic E-state index is 0.0763. The van der Waals surface area contributed by atoms with Gasteiger partial charge in [-0.25, -0.2) is 9.59 Å². The highest BCUT2D eigenvalue weighted by atomic mass is 16.6. The van der Waals surface area contributed by atoms with Crippen LogP contribution >= 0.6 is 0 Å². The Labute approximate surface area is 158 Å². The molecule has 0 N–H and O–H groups in total. The van der Waals surface area contributed by atoms with E-state index in [-0.39, 0.29) is 24.1 Å². The van der Waals surface area contributed by atoms with Crippen LogP contribution in [0.1, 0.15) is 61.1 Å². The zero-order valence-electron chi connectivity index (χ0n) is 15.9. The van der Waals surface area contributed by atoms with E-state index in [1.807, 2.05) is 19.9 Å². The summed E-state index contributed by atoms with van der Waals surface area (Å²) in [5, 5.41) is 0. The van der Waals surface area contributed by atoms with Crippen molar-refractivity contribution in [1.29, 1.82) is 0 Å². The molecule has 6 heteroatoms. The number of hydrogen-bond acceptors (Lipinski definition) is 6. The number of fused-ring (bicyclic) bond motifs is 5. The molecule has 6 nitrogen and oxygen atoms in total. The molecule has 1 aromatic rings. The van der Waals surface area contributed by atoms with Crippen LogP contribution < -0.4 is 0 Å². The summed E-state index contributed by atoms with van der Waals surface area (Å²) in [5.74, 6) is 0.611. The van der Waals surface area contributed by atoms with Crippen LogP contribution in [0.15, 0.2) is 34.3 Å². The van der Waals surface area contributed by atoms with Crippen LogP contribution in [0, 0.1) is 5.92 Å². The van der Waals surface area contributed by atoms with Gasteiger partial charge in [0.1, 0.15) is 34.9 Å². The SMILES string of the molecule is C=C(C)[C@@H]1CCC2=C[C@@H](C[C@@]3(C)O[C@H]3c3cc(C(=O)OC)c(o3)C1)OC2=O. The second kappa shape index (κ2) is 6.37. The van der Waals surface area contributed by atoms with Gasteiger partial charge in [-0.1, -0.05) is 12.2 Å². The lowest BCUT2D eigenvalue weighted by molar-refractivity contribution is -0.140. The first kappa shape index (κ1) is 18.0. The van der Waals surface area contributed by atoms with Crippen LogP contribution in [0.25, 0.3) is 0 Å². The molecule has 4 bridgehead atoms. The lowest BCUT2D eigenvalue weighted by atomic mass is 9.89. The van der Waals surface area contributed by atoms with Crippen LogP contribution in [-0.4, -0.2) is 30.8 Å². The molecule has 0 aromatic carbocycles. The van der Waals surface area contributed by atoms with Gasteiger partial charge in [0.25, 0.3) is 0 Å². The minimum atomic E-state index is -0.485. The monoisotopic (exact) mass is 372 g/mol. The van der Waals surface area contributed by atoms with E-state index in [9.17, 15) is 9.59 Å². The molecule has 0 aliphatic carbocycles. The normalized spacial score (nSPS) is 32.2. The Kier molecular flexibility index (Phi) is 4.26. The van der Waals surface area contributed by atoms with Gasteiger partial charge in [-0.2, -0.15) is 0 Å². The van der Waals surface area contributed by atoms with Crippen molar-refractivity contribution in [1.82, 2.24) is 0 Å². The Morgan fingerprint density at radius 3 is 2.89 bits per heavy atom. The summed E-state index contributed by atoms with van der Waals surface area (Å²) in [5.41, 5.74) is 1.64. The van der Waals surface area contributed by atoms with Crippen molar-refractivity contribution in [2.45, 2.75) is 57.3 Å². The molecule has 0 unspecified atom stereocenters. The Morgan fingerprint density at radius 1 is 1.41 bits per heavy atom. The molecule has 4 heterocycles. The molecule has 0 amide bonds. The maximum atomic E-state index is 12.2. The van der Waals surface area contributed by atoms with Gasteiger partial charge < -0.3 is 18.6 Å². The fraction of sp³-hybridized carbons (Fsp3) is 0.524. The summed E-state index contributed by atoms with van der Waals surface area (Å²) in [6.45, 7) is 8.00. The lowest BCUT2D eigenvalue weighted by Gasteiger charge is -2.16. The van der Waals surface area contributed by atoms with Crippen molar-refractivity contribution in [3.05, 3.63) is 47.0 Å². The Hall–Kier alpha value is -2.34. The maximum Gasteiger partial charge on any atom is 0.341 e. The zero-order chi connectivity index (χ0) is 19.3. The van der Waals surface area contributed by atoms with Gasteiger partial charge in [-0.3, -0.25) is 0 Å². The predicted molar refractivity (Wildman–Crippen MR) is 96.1 cm³/mol. The fourth-order valence-electron chi connectivity index (χ4n) is 4.06. The van der Waals surface area contributed by atoms with Gasteiger partial charge in [-0.15, -0.1) is 0 Å². The first-order chi connectivity index (χ1) is 12.8. The standard InChI is InChI=1S/C21H24O6/c1-11(2)12-5-6-13-7-14(25-19(13)22)10-21(3)18(27-21)17-9-15(20(23)24-4)16(8-12)26-17/h7,9,12,14,18H,1,5-6,8,10H2,2-4H3/t12-,14+,18+,21-/m1/s1. The summed E-state index contributed by atoms with van der Waals surface area (Å²) in [4.78, 5) is 24.4. The van der Waals surface area contributed by atoms with Gasteiger partial charge in [0, 0.05) is 18.4 Å². The second-order valence-electron chi connectivity index (χ2n) is 7.91. The highest BCUT2D eigenvalue weighted by Crippen LogP contribution is 2.54. The van der Waals surface area contributed by atoms with E-state index < -0.39 is 11.6 Å². The molecule has 4 atom stereocenters. The van der Waals surface area contributed by atoms with Crippen molar-refractivity contribution in [2.75, 3.05) is 7.11 Å². The topological polar surface area (TPSA) is 78.3 Å². The number of carbonyl (C=O) groups excluding carboxylic acids is 2. The quantitative estimate of drug-likeness (QED) is 0.448. The maximum absolute atomic E-state index is 12.2. The number of hydrogen-bond donors (Lipinski definition) is 0. The zero-order valence-corrected chi connectivity index (χ0v) is 15.9. The molecule has 1 saturated heterocycles.